The Kier molecular flexibility index (Phi) is 4.03. The third kappa shape index (κ3) is 2.77. The second kappa shape index (κ2) is 5.47. The van der Waals surface area contributed by atoms with Crippen molar-refractivity contribution in [3.63, 3.8) is 0 Å². The van der Waals surface area contributed by atoms with Gasteiger partial charge in [0.25, 0.3) is 0 Å². The van der Waals surface area contributed by atoms with E-state index < -0.39 is 11.6 Å². The van der Waals surface area contributed by atoms with Crippen molar-refractivity contribution in [1.82, 2.24) is 0 Å². The topological polar surface area (TPSA) is 76.0 Å². The minimum atomic E-state index is -0.823. The van der Waals surface area contributed by atoms with Crippen LogP contribution in [0.15, 0.2) is 0 Å². The number of hydrogen-bond donors (Lipinski definition) is 2. The van der Waals surface area contributed by atoms with E-state index in [0.717, 1.165) is 24.0 Å². The Morgan fingerprint density at radius 1 is 1.38 bits per heavy atom. The van der Waals surface area contributed by atoms with E-state index in [2.05, 4.69) is 0 Å². The van der Waals surface area contributed by atoms with Crippen molar-refractivity contribution in [2.75, 3.05) is 7.11 Å². The molecule has 21 heavy (non-hydrogen) atoms. The van der Waals surface area contributed by atoms with Crippen molar-refractivity contribution < 1.29 is 24.5 Å². The fraction of sp³-hybridized carbons (Fsp3) is 0.562. The molecule has 0 aliphatic carbocycles. The van der Waals surface area contributed by atoms with Crippen molar-refractivity contribution in [1.29, 1.82) is 0 Å². The van der Waals surface area contributed by atoms with E-state index in [1.165, 1.54) is 0 Å². The van der Waals surface area contributed by atoms with E-state index in [1.54, 1.807) is 14.0 Å². The quantitative estimate of drug-likeness (QED) is 0.893. The fourth-order valence-electron chi connectivity index (χ4n) is 2.90. The van der Waals surface area contributed by atoms with E-state index in [0.29, 0.717) is 23.5 Å². The number of ether oxygens (including phenoxy) is 2. The van der Waals surface area contributed by atoms with Crippen LogP contribution in [0.4, 0.5) is 0 Å². The first kappa shape index (κ1) is 15.5. The summed E-state index contributed by atoms with van der Waals surface area (Å²) in [6.07, 6.45) is 1.98. The normalized spacial score (nSPS) is 20.6. The zero-order valence-corrected chi connectivity index (χ0v) is 12.9. The number of rotatable bonds is 4. The highest BCUT2D eigenvalue weighted by Crippen LogP contribution is 2.48. The Hall–Kier alpha value is -1.91. The minimum Gasteiger partial charge on any atom is -0.507 e. The van der Waals surface area contributed by atoms with Crippen molar-refractivity contribution in [3.05, 3.63) is 16.7 Å². The van der Waals surface area contributed by atoms with Crippen LogP contribution < -0.4 is 9.47 Å². The summed E-state index contributed by atoms with van der Waals surface area (Å²) in [7, 11) is 1.55. The molecule has 0 saturated heterocycles. The Labute approximate surface area is 124 Å². The van der Waals surface area contributed by atoms with Gasteiger partial charge in [0.15, 0.2) is 11.5 Å². The molecular formula is C16H22O5. The second-order valence-electron chi connectivity index (χ2n) is 5.89. The molecule has 1 unspecified atom stereocenters. The number of phenolic OH excluding ortho intramolecular Hbond substituents is 1. The molecule has 2 N–H and O–H groups in total. The number of fused-ring (bicyclic) bond motifs is 1. The number of carboxylic acids is 1. The maximum Gasteiger partial charge on any atom is 0.303 e. The number of carboxylic acid groups (broad SMARTS) is 1. The van der Waals surface area contributed by atoms with Crippen LogP contribution in [0.1, 0.15) is 42.9 Å². The summed E-state index contributed by atoms with van der Waals surface area (Å²) in [4.78, 5) is 10.8. The average Bonchev–Trinajstić information content (AvgIpc) is 2.43. The zero-order valence-electron chi connectivity index (χ0n) is 12.9. The van der Waals surface area contributed by atoms with Crippen molar-refractivity contribution in [3.8, 4) is 17.2 Å². The first-order valence-electron chi connectivity index (χ1n) is 7.09. The highest BCUT2D eigenvalue weighted by Gasteiger charge is 2.36. The van der Waals surface area contributed by atoms with Gasteiger partial charge in [-0.15, -0.1) is 0 Å². The fourth-order valence-corrected chi connectivity index (χ4v) is 2.90. The van der Waals surface area contributed by atoms with Gasteiger partial charge in [-0.3, -0.25) is 4.79 Å². The average molecular weight is 294 g/mol. The Balaban J connectivity index is 2.42. The smallest absolute Gasteiger partial charge is 0.303 e. The van der Waals surface area contributed by atoms with E-state index in [4.69, 9.17) is 14.6 Å². The molecule has 1 aliphatic heterocycles. The Bertz CT molecular complexity index is 556. The summed E-state index contributed by atoms with van der Waals surface area (Å²) in [5.74, 6) is 0.595. The third-order valence-corrected chi connectivity index (χ3v) is 4.31. The van der Waals surface area contributed by atoms with Crippen LogP contribution in [0, 0.1) is 13.8 Å². The molecule has 1 aliphatic rings. The van der Waals surface area contributed by atoms with Gasteiger partial charge in [-0.25, -0.2) is 0 Å². The first-order valence-corrected chi connectivity index (χ1v) is 7.09. The highest BCUT2D eigenvalue weighted by molar-refractivity contribution is 5.67. The number of aliphatic carboxylic acids is 1. The first-order chi connectivity index (χ1) is 9.79. The lowest BCUT2D eigenvalue weighted by atomic mass is 9.86. The zero-order chi connectivity index (χ0) is 15.8. The maximum atomic E-state index is 10.8. The van der Waals surface area contributed by atoms with Gasteiger partial charge in [0.2, 0.25) is 0 Å². The molecular weight excluding hydrogens is 272 g/mol. The van der Waals surface area contributed by atoms with Gasteiger partial charge in [-0.1, -0.05) is 0 Å². The highest BCUT2D eigenvalue weighted by atomic mass is 16.5. The third-order valence-electron chi connectivity index (χ3n) is 4.31. The predicted molar refractivity (Wildman–Crippen MR) is 78.4 cm³/mol. The molecule has 5 heteroatoms. The van der Waals surface area contributed by atoms with E-state index in [-0.39, 0.29) is 12.2 Å². The van der Waals surface area contributed by atoms with Crippen LogP contribution in [-0.4, -0.2) is 28.9 Å². The molecule has 0 bridgehead atoms. The van der Waals surface area contributed by atoms with Crippen LogP contribution in [-0.2, 0) is 11.2 Å². The number of phenols is 1. The molecule has 0 amide bonds. The summed E-state index contributed by atoms with van der Waals surface area (Å²) in [5.41, 5.74) is 1.89. The van der Waals surface area contributed by atoms with Gasteiger partial charge in [-0.2, -0.15) is 0 Å². The number of hydrogen-bond acceptors (Lipinski definition) is 4. The second-order valence-corrected chi connectivity index (χ2v) is 5.89. The van der Waals surface area contributed by atoms with Gasteiger partial charge < -0.3 is 19.7 Å². The van der Waals surface area contributed by atoms with Crippen molar-refractivity contribution in [2.24, 2.45) is 0 Å². The molecule has 5 nitrogen and oxygen atoms in total. The maximum absolute atomic E-state index is 10.8. The largest absolute Gasteiger partial charge is 0.507 e. The van der Waals surface area contributed by atoms with Gasteiger partial charge in [0.1, 0.15) is 11.4 Å². The molecule has 116 valence electrons. The summed E-state index contributed by atoms with van der Waals surface area (Å²) in [6, 6.07) is 0. The molecule has 1 aromatic rings. The summed E-state index contributed by atoms with van der Waals surface area (Å²) < 4.78 is 11.5. The molecule has 0 saturated carbocycles. The molecule has 1 heterocycles. The minimum absolute atomic E-state index is 0.0736. The van der Waals surface area contributed by atoms with Crippen LogP contribution in [0.2, 0.25) is 0 Å². The summed E-state index contributed by atoms with van der Waals surface area (Å²) in [5, 5.41) is 19.0. The van der Waals surface area contributed by atoms with Crippen LogP contribution in [0.25, 0.3) is 0 Å². The molecule has 0 aromatic heterocycles. The lowest BCUT2D eigenvalue weighted by Crippen LogP contribution is -2.37. The Morgan fingerprint density at radius 2 is 2.05 bits per heavy atom. The van der Waals surface area contributed by atoms with Crippen LogP contribution >= 0.6 is 0 Å². The molecule has 1 atom stereocenters. The SMILES string of the molecule is COc1c(C)c(O)c(C)c2c1OC(C)(CCC(=O)O)CC2. The number of aromatic hydroxyl groups is 1. The van der Waals surface area contributed by atoms with Crippen molar-refractivity contribution in [2.45, 2.75) is 52.1 Å². The number of methoxy groups -OCH3 is 1. The monoisotopic (exact) mass is 294 g/mol. The molecule has 0 fully saturated rings. The summed E-state index contributed by atoms with van der Waals surface area (Å²) >= 11 is 0. The lowest BCUT2D eigenvalue weighted by molar-refractivity contribution is -0.138. The van der Waals surface area contributed by atoms with Gasteiger partial charge >= 0.3 is 5.97 Å². The van der Waals surface area contributed by atoms with Crippen LogP contribution in [0.5, 0.6) is 17.2 Å². The van der Waals surface area contributed by atoms with E-state index >= 15 is 0 Å². The Morgan fingerprint density at radius 3 is 2.62 bits per heavy atom. The molecule has 0 radical (unpaired) electrons. The summed E-state index contributed by atoms with van der Waals surface area (Å²) in [6.45, 7) is 5.58. The van der Waals surface area contributed by atoms with Gasteiger partial charge in [0.05, 0.1) is 7.11 Å². The lowest BCUT2D eigenvalue weighted by Gasteiger charge is -2.37. The van der Waals surface area contributed by atoms with Crippen molar-refractivity contribution >= 4 is 5.97 Å². The molecule has 0 spiro atoms. The molecule has 1 aromatic carbocycles. The van der Waals surface area contributed by atoms with Crippen LogP contribution in [0.3, 0.4) is 0 Å². The number of benzene rings is 1. The van der Waals surface area contributed by atoms with Gasteiger partial charge in [-0.05, 0) is 45.6 Å². The standard InChI is InChI=1S/C16H22O5/c1-9-11-5-7-16(3,8-6-12(17)18)21-15(11)14(20-4)10(2)13(9)19/h19H,5-8H2,1-4H3,(H,17,18). The van der Waals surface area contributed by atoms with E-state index in [1.807, 2.05) is 13.8 Å². The van der Waals surface area contributed by atoms with E-state index in [9.17, 15) is 9.90 Å². The van der Waals surface area contributed by atoms with Gasteiger partial charge in [0, 0.05) is 17.5 Å². The number of carbonyl (C=O) groups is 1. The molecule has 2 rings (SSSR count). The predicted octanol–water partition coefficient (Wildman–Crippen LogP) is 2.97.